The molecule has 0 aromatic carbocycles. The number of rotatable bonds is 4. The zero-order valence-electron chi connectivity index (χ0n) is 13.6. The first-order valence-electron chi connectivity index (χ1n) is 8.36. The molecular formula is C18H18N4O3. The minimum Gasteiger partial charge on any atom is -0.472 e. The van der Waals surface area contributed by atoms with Gasteiger partial charge in [0.1, 0.15) is 11.8 Å². The third-order valence-electron chi connectivity index (χ3n) is 4.60. The number of pyridine rings is 1. The van der Waals surface area contributed by atoms with E-state index in [0.29, 0.717) is 17.3 Å². The van der Waals surface area contributed by atoms with Crippen molar-refractivity contribution >= 4 is 5.91 Å². The van der Waals surface area contributed by atoms with Crippen LogP contribution in [0.25, 0.3) is 11.4 Å². The Hall–Kier alpha value is -2.96. The van der Waals surface area contributed by atoms with E-state index in [1.807, 2.05) is 12.1 Å². The molecule has 7 heteroatoms. The fourth-order valence-electron chi connectivity index (χ4n) is 3.26. The van der Waals surface area contributed by atoms with Crippen molar-refractivity contribution in [1.82, 2.24) is 20.4 Å². The molecular weight excluding hydrogens is 320 g/mol. The number of carbonyl (C=O) groups excluding carboxylic acids is 1. The number of nitrogens with zero attached hydrogens (tertiary/aromatic N) is 3. The molecule has 3 aromatic heterocycles. The number of aromatic nitrogens is 3. The zero-order chi connectivity index (χ0) is 17.1. The first kappa shape index (κ1) is 15.6. The quantitative estimate of drug-likeness (QED) is 0.784. The maximum atomic E-state index is 12.6. The molecule has 7 nitrogen and oxygen atoms in total. The predicted octanol–water partition coefficient (Wildman–Crippen LogP) is 3.31. The minimum absolute atomic E-state index is 0.197. The normalized spacial score (nSPS) is 16.5. The number of furan rings is 1. The molecule has 0 saturated heterocycles. The molecule has 1 amide bonds. The molecule has 25 heavy (non-hydrogen) atoms. The van der Waals surface area contributed by atoms with Crippen LogP contribution < -0.4 is 5.32 Å². The number of hydrogen-bond donors (Lipinski definition) is 1. The lowest BCUT2D eigenvalue weighted by Gasteiger charge is -2.34. The average molecular weight is 338 g/mol. The Labute approximate surface area is 144 Å². The molecule has 128 valence electrons. The summed E-state index contributed by atoms with van der Waals surface area (Å²) >= 11 is 0. The summed E-state index contributed by atoms with van der Waals surface area (Å²) in [7, 11) is 0. The summed E-state index contributed by atoms with van der Waals surface area (Å²) in [5.74, 6) is 0.727. The Balaban J connectivity index is 1.65. The van der Waals surface area contributed by atoms with E-state index in [-0.39, 0.29) is 5.91 Å². The SMILES string of the molecule is O=C(NC1(c2nc(-c3cccnc3)no2)CCCCC1)c1ccoc1. The van der Waals surface area contributed by atoms with Gasteiger partial charge < -0.3 is 14.3 Å². The molecule has 0 atom stereocenters. The van der Waals surface area contributed by atoms with Crippen molar-refractivity contribution in [2.75, 3.05) is 0 Å². The van der Waals surface area contributed by atoms with E-state index >= 15 is 0 Å². The summed E-state index contributed by atoms with van der Waals surface area (Å²) < 4.78 is 10.6. The predicted molar refractivity (Wildman–Crippen MR) is 88.5 cm³/mol. The van der Waals surface area contributed by atoms with Gasteiger partial charge in [-0.2, -0.15) is 4.98 Å². The van der Waals surface area contributed by atoms with Crippen LogP contribution in [0, 0.1) is 0 Å². The molecule has 0 aliphatic heterocycles. The highest BCUT2D eigenvalue weighted by Crippen LogP contribution is 2.37. The van der Waals surface area contributed by atoms with Crippen molar-refractivity contribution in [3.8, 4) is 11.4 Å². The Morgan fingerprint density at radius 1 is 1.20 bits per heavy atom. The van der Waals surface area contributed by atoms with Crippen LogP contribution in [0.15, 0.2) is 52.1 Å². The summed E-state index contributed by atoms with van der Waals surface area (Å²) in [6.07, 6.45) is 11.0. The summed E-state index contributed by atoms with van der Waals surface area (Å²) in [6.45, 7) is 0. The van der Waals surface area contributed by atoms with E-state index in [1.165, 1.54) is 12.5 Å². The fourth-order valence-corrected chi connectivity index (χ4v) is 3.26. The first-order valence-corrected chi connectivity index (χ1v) is 8.36. The van der Waals surface area contributed by atoms with Gasteiger partial charge in [0, 0.05) is 18.0 Å². The van der Waals surface area contributed by atoms with Gasteiger partial charge in [-0.1, -0.05) is 24.4 Å². The summed E-state index contributed by atoms with van der Waals surface area (Å²) in [5.41, 5.74) is 0.627. The van der Waals surface area contributed by atoms with Crippen molar-refractivity contribution in [3.05, 3.63) is 54.6 Å². The van der Waals surface area contributed by atoms with Gasteiger partial charge in [0.2, 0.25) is 5.82 Å². The topological polar surface area (TPSA) is 94.1 Å². The lowest BCUT2D eigenvalue weighted by Crippen LogP contribution is -2.47. The Kier molecular flexibility index (Phi) is 4.05. The maximum absolute atomic E-state index is 12.6. The largest absolute Gasteiger partial charge is 0.472 e. The van der Waals surface area contributed by atoms with Gasteiger partial charge >= 0.3 is 0 Å². The van der Waals surface area contributed by atoms with E-state index in [0.717, 1.165) is 37.7 Å². The van der Waals surface area contributed by atoms with E-state index in [2.05, 4.69) is 20.4 Å². The van der Waals surface area contributed by atoms with Gasteiger partial charge in [-0.3, -0.25) is 9.78 Å². The van der Waals surface area contributed by atoms with E-state index < -0.39 is 5.54 Å². The van der Waals surface area contributed by atoms with Crippen molar-refractivity contribution in [2.45, 2.75) is 37.6 Å². The van der Waals surface area contributed by atoms with Gasteiger partial charge in [0.25, 0.3) is 11.8 Å². The fraction of sp³-hybridized carbons (Fsp3) is 0.333. The Morgan fingerprint density at radius 3 is 2.80 bits per heavy atom. The lowest BCUT2D eigenvalue weighted by molar-refractivity contribution is 0.0824. The third-order valence-corrected chi connectivity index (χ3v) is 4.60. The second-order valence-electron chi connectivity index (χ2n) is 6.27. The van der Waals surface area contributed by atoms with Crippen molar-refractivity contribution in [1.29, 1.82) is 0 Å². The van der Waals surface area contributed by atoms with Crippen LogP contribution in [0.4, 0.5) is 0 Å². The zero-order valence-corrected chi connectivity index (χ0v) is 13.6. The first-order chi connectivity index (χ1) is 12.3. The number of hydrogen-bond acceptors (Lipinski definition) is 6. The number of carbonyl (C=O) groups is 1. The van der Waals surface area contributed by atoms with Crippen LogP contribution in [-0.4, -0.2) is 21.0 Å². The van der Waals surface area contributed by atoms with Gasteiger partial charge in [0.15, 0.2) is 0 Å². The van der Waals surface area contributed by atoms with Crippen LogP contribution in [0.1, 0.15) is 48.4 Å². The van der Waals surface area contributed by atoms with Crippen LogP contribution in [0.2, 0.25) is 0 Å². The second-order valence-corrected chi connectivity index (χ2v) is 6.27. The molecule has 0 radical (unpaired) electrons. The van der Waals surface area contributed by atoms with Crippen molar-refractivity contribution in [2.24, 2.45) is 0 Å². The molecule has 1 N–H and O–H groups in total. The smallest absolute Gasteiger partial charge is 0.255 e. The molecule has 0 unspecified atom stereocenters. The van der Waals surface area contributed by atoms with Gasteiger partial charge in [0.05, 0.1) is 11.8 Å². The maximum Gasteiger partial charge on any atom is 0.255 e. The van der Waals surface area contributed by atoms with Crippen LogP contribution in [-0.2, 0) is 5.54 Å². The second kappa shape index (κ2) is 6.51. The van der Waals surface area contributed by atoms with Gasteiger partial charge in [-0.15, -0.1) is 0 Å². The summed E-state index contributed by atoms with van der Waals surface area (Å²) in [6, 6.07) is 5.34. The lowest BCUT2D eigenvalue weighted by atomic mass is 9.81. The highest BCUT2D eigenvalue weighted by atomic mass is 16.5. The molecule has 1 fully saturated rings. The minimum atomic E-state index is -0.639. The molecule has 1 aliphatic carbocycles. The number of nitrogens with one attached hydrogen (secondary N) is 1. The highest BCUT2D eigenvalue weighted by Gasteiger charge is 2.41. The highest BCUT2D eigenvalue weighted by molar-refractivity contribution is 5.94. The van der Waals surface area contributed by atoms with E-state index in [4.69, 9.17) is 8.94 Å². The van der Waals surface area contributed by atoms with Crippen molar-refractivity contribution < 1.29 is 13.7 Å². The molecule has 0 spiro atoms. The molecule has 4 rings (SSSR count). The average Bonchev–Trinajstić information content (AvgIpc) is 3.35. The molecule has 1 saturated carbocycles. The molecule has 0 bridgehead atoms. The van der Waals surface area contributed by atoms with E-state index in [1.54, 1.807) is 18.5 Å². The van der Waals surface area contributed by atoms with Crippen molar-refractivity contribution in [3.63, 3.8) is 0 Å². The number of amides is 1. The molecule has 1 aliphatic rings. The molecule has 3 aromatic rings. The summed E-state index contributed by atoms with van der Waals surface area (Å²) in [4.78, 5) is 21.2. The Morgan fingerprint density at radius 2 is 2.08 bits per heavy atom. The monoisotopic (exact) mass is 338 g/mol. The summed E-state index contributed by atoms with van der Waals surface area (Å²) in [5, 5.41) is 7.19. The van der Waals surface area contributed by atoms with Crippen LogP contribution >= 0.6 is 0 Å². The van der Waals surface area contributed by atoms with Crippen LogP contribution in [0.3, 0.4) is 0 Å². The Bertz CT molecular complexity index is 836. The van der Waals surface area contributed by atoms with Gasteiger partial charge in [-0.25, -0.2) is 0 Å². The van der Waals surface area contributed by atoms with Crippen LogP contribution in [0.5, 0.6) is 0 Å². The third kappa shape index (κ3) is 3.05. The van der Waals surface area contributed by atoms with E-state index in [9.17, 15) is 4.79 Å². The molecule has 3 heterocycles. The standard InChI is InChI=1S/C18H18N4O3/c23-16(14-6-10-24-12-14)21-18(7-2-1-3-8-18)17-20-15(22-25-17)13-5-4-9-19-11-13/h4-6,9-12H,1-3,7-8H2,(H,21,23). The van der Waals surface area contributed by atoms with Gasteiger partial charge in [-0.05, 0) is 31.0 Å².